The summed E-state index contributed by atoms with van der Waals surface area (Å²) < 4.78 is 5.55. The summed E-state index contributed by atoms with van der Waals surface area (Å²) in [6.45, 7) is 1.82. The van der Waals surface area contributed by atoms with Crippen LogP contribution in [0.3, 0.4) is 0 Å². The Balaban J connectivity index is 2.41. The largest absolute Gasteiger partial charge is 0.436 e. The maximum Gasteiger partial charge on any atom is 0.237 e. The molecule has 0 atom stereocenters. The number of nitrogens with two attached hydrogens (primary N) is 1. The molecule has 0 saturated carbocycles. The molecule has 0 fully saturated rings. The predicted octanol–water partition coefficient (Wildman–Crippen LogP) is 3.29. The Kier molecular flexibility index (Phi) is 3.35. The second-order valence-electron chi connectivity index (χ2n) is 3.71. The van der Waals surface area contributed by atoms with E-state index in [1.807, 2.05) is 6.92 Å². The molecule has 0 unspecified atom stereocenters. The van der Waals surface area contributed by atoms with Gasteiger partial charge < -0.3 is 10.5 Å². The average molecular weight is 260 g/mol. The maximum absolute atomic E-state index is 9.07. The van der Waals surface area contributed by atoms with Crippen molar-refractivity contribution in [3.05, 3.63) is 46.6 Å². The van der Waals surface area contributed by atoms with Crippen molar-refractivity contribution in [1.82, 2.24) is 4.98 Å². The van der Waals surface area contributed by atoms with E-state index in [0.717, 1.165) is 5.56 Å². The summed E-state index contributed by atoms with van der Waals surface area (Å²) in [6.07, 6.45) is 1.58. The first-order chi connectivity index (χ1) is 8.61. The van der Waals surface area contributed by atoms with E-state index in [1.54, 1.807) is 30.5 Å². The first-order valence-corrected chi connectivity index (χ1v) is 5.58. The number of ether oxygens (including phenoxy) is 1. The zero-order chi connectivity index (χ0) is 13.1. The third kappa shape index (κ3) is 2.36. The quantitative estimate of drug-likeness (QED) is 0.840. The average Bonchev–Trinajstić information content (AvgIpc) is 2.33. The van der Waals surface area contributed by atoms with Crippen molar-refractivity contribution < 1.29 is 4.74 Å². The first kappa shape index (κ1) is 12.2. The number of hydrogen-bond acceptors (Lipinski definition) is 4. The highest BCUT2D eigenvalue weighted by molar-refractivity contribution is 6.32. The number of anilines is 1. The van der Waals surface area contributed by atoms with Crippen LogP contribution >= 0.6 is 11.6 Å². The van der Waals surface area contributed by atoms with E-state index >= 15 is 0 Å². The van der Waals surface area contributed by atoms with Crippen LogP contribution in [0.2, 0.25) is 5.02 Å². The van der Waals surface area contributed by atoms with E-state index in [4.69, 9.17) is 27.3 Å². The zero-order valence-electron chi connectivity index (χ0n) is 9.64. The Morgan fingerprint density at radius 2 is 2.17 bits per heavy atom. The highest BCUT2D eigenvalue weighted by atomic mass is 35.5. The summed E-state index contributed by atoms with van der Waals surface area (Å²) in [4.78, 5) is 4.03. The van der Waals surface area contributed by atoms with Crippen molar-refractivity contribution in [1.29, 1.82) is 5.26 Å². The van der Waals surface area contributed by atoms with E-state index in [2.05, 4.69) is 11.1 Å². The molecule has 90 valence electrons. The van der Waals surface area contributed by atoms with Gasteiger partial charge in [-0.05, 0) is 36.8 Å². The van der Waals surface area contributed by atoms with Gasteiger partial charge in [-0.2, -0.15) is 5.26 Å². The molecule has 1 heterocycles. The number of nitrogen functional groups attached to an aromatic ring is 1. The Morgan fingerprint density at radius 3 is 2.83 bits per heavy atom. The van der Waals surface area contributed by atoms with Gasteiger partial charge in [-0.15, -0.1) is 0 Å². The van der Waals surface area contributed by atoms with Crippen LogP contribution in [0.5, 0.6) is 11.6 Å². The molecule has 2 rings (SSSR count). The smallest absolute Gasteiger partial charge is 0.237 e. The minimum absolute atomic E-state index is 0.240. The third-order valence-corrected chi connectivity index (χ3v) is 2.69. The minimum atomic E-state index is 0.240. The Morgan fingerprint density at radius 1 is 1.39 bits per heavy atom. The maximum atomic E-state index is 9.07. The molecule has 0 aliphatic heterocycles. The molecule has 5 heteroatoms. The van der Waals surface area contributed by atoms with Gasteiger partial charge in [0.15, 0.2) is 0 Å². The second kappa shape index (κ2) is 4.94. The summed E-state index contributed by atoms with van der Waals surface area (Å²) in [5.41, 5.74) is 7.33. The first-order valence-electron chi connectivity index (χ1n) is 5.20. The van der Waals surface area contributed by atoms with Gasteiger partial charge in [0, 0.05) is 11.9 Å². The monoisotopic (exact) mass is 259 g/mol. The van der Waals surface area contributed by atoms with Crippen molar-refractivity contribution in [3.8, 4) is 17.7 Å². The highest BCUT2D eigenvalue weighted by Gasteiger charge is 2.11. The van der Waals surface area contributed by atoms with E-state index in [0.29, 0.717) is 22.0 Å². The summed E-state index contributed by atoms with van der Waals surface area (Å²) in [5, 5.41) is 9.44. The number of benzene rings is 1. The fourth-order valence-electron chi connectivity index (χ4n) is 1.45. The molecule has 0 radical (unpaired) electrons. The molecule has 2 N–H and O–H groups in total. The van der Waals surface area contributed by atoms with E-state index in [-0.39, 0.29) is 5.88 Å². The van der Waals surface area contributed by atoms with Crippen LogP contribution in [0.15, 0.2) is 30.5 Å². The summed E-state index contributed by atoms with van der Waals surface area (Å²) in [6, 6.07) is 8.70. The molecule has 18 heavy (non-hydrogen) atoms. The highest BCUT2D eigenvalue weighted by Crippen LogP contribution is 2.31. The lowest BCUT2D eigenvalue weighted by Gasteiger charge is -2.09. The van der Waals surface area contributed by atoms with E-state index < -0.39 is 0 Å². The number of aryl methyl sites for hydroxylation is 1. The van der Waals surface area contributed by atoms with Gasteiger partial charge in [0.25, 0.3) is 0 Å². The summed E-state index contributed by atoms with van der Waals surface area (Å²) in [7, 11) is 0. The SMILES string of the molecule is Cc1ccnc(Oc2ccc(N)cc2Cl)c1C#N. The van der Waals surface area contributed by atoms with Crippen molar-refractivity contribution in [2.24, 2.45) is 0 Å². The minimum Gasteiger partial charge on any atom is -0.436 e. The number of hydrogen-bond donors (Lipinski definition) is 1. The lowest BCUT2D eigenvalue weighted by molar-refractivity contribution is 0.461. The lowest BCUT2D eigenvalue weighted by atomic mass is 10.2. The molecule has 0 spiro atoms. The molecular weight excluding hydrogens is 250 g/mol. The fraction of sp³-hybridized carbons (Fsp3) is 0.0769. The van der Waals surface area contributed by atoms with Gasteiger partial charge in [0.1, 0.15) is 17.4 Å². The molecule has 1 aromatic heterocycles. The van der Waals surface area contributed by atoms with Crippen LogP contribution in [0.25, 0.3) is 0 Å². The van der Waals surface area contributed by atoms with Gasteiger partial charge >= 0.3 is 0 Å². The Bertz CT molecular complexity index is 635. The molecule has 0 aliphatic carbocycles. The number of pyridine rings is 1. The Hall–Kier alpha value is -2.25. The van der Waals surface area contributed by atoms with Crippen LogP contribution < -0.4 is 10.5 Å². The van der Waals surface area contributed by atoms with Crippen LogP contribution in [0, 0.1) is 18.3 Å². The Labute approximate surface area is 110 Å². The number of nitriles is 1. The predicted molar refractivity (Wildman–Crippen MR) is 69.6 cm³/mol. The zero-order valence-corrected chi connectivity index (χ0v) is 10.4. The second-order valence-corrected chi connectivity index (χ2v) is 4.12. The number of rotatable bonds is 2. The molecular formula is C13H10ClN3O. The topological polar surface area (TPSA) is 71.9 Å². The summed E-state index contributed by atoms with van der Waals surface area (Å²) in [5.74, 6) is 0.657. The number of halogens is 1. The van der Waals surface area contributed by atoms with Crippen molar-refractivity contribution in [3.63, 3.8) is 0 Å². The number of nitrogens with zero attached hydrogens (tertiary/aromatic N) is 2. The van der Waals surface area contributed by atoms with Gasteiger partial charge in [-0.25, -0.2) is 4.98 Å². The van der Waals surface area contributed by atoms with E-state index in [1.165, 1.54) is 0 Å². The number of aromatic nitrogens is 1. The molecule has 0 bridgehead atoms. The fourth-order valence-corrected chi connectivity index (χ4v) is 1.68. The molecule has 0 saturated heterocycles. The third-order valence-electron chi connectivity index (χ3n) is 2.40. The molecule has 2 aromatic rings. The van der Waals surface area contributed by atoms with E-state index in [9.17, 15) is 0 Å². The van der Waals surface area contributed by atoms with Crippen LogP contribution in [0.4, 0.5) is 5.69 Å². The normalized spacial score (nSPS) is 9.83. The van der Waals surface area contributed by atoms with Gasteiger partial charge in [0.2, 0.25) is 5.88 Å². The molecule has 4 nitrogen and oxygen atoms in total. The standard InChI is InChI=1S/C13H10ClN3O/c1-8-4-5-17-13(10(8)7-15)18-12-3-2-9(16)6-11(12)14/h2-6H,16H2,1H3. The van der Waals surface area contributed by atoms with Crippen molar-refractivity contribution in [2.45, 2.75) is 6.92 Å². The lowest BCUT2D eigenvalue weighted by Crippen LogP contribution is -1.95. The molecule has 0 aliphatic rings. The van der Waals surface area contributed by atoms with Gasteiger partial charge in [-0.3, -0.25) is 0 Å². The van der Waals surface area contributed by atoms with Crippen LogP contribution in [-0.4, -0.2) is 4.98 Å². The van der Waals surface area contributed by atoms with Gasteiger partial charge in [-0.1, -0.05) is 11.6 Å². The van der Waals surface area contributed by atoms with Crippen molar-refractivity contribution in [2.75, 3.05) is 5.73 Å². The molecule has 1 aromatic carbocycles. The van der Waals surface area contributed by atoms with Crippen LogP contribution in [-0.2, 0) is 0 Å². The van der Waals surface area contributed by atoms with Gasteiger partial charge in [0.05, 0.1) is 5.02 Å². The molecule has 0 amide bonds. The van der Waals surface area contributed by atoms with Crippen LogP contribution in [0.1, 0.15) is 11.1 Å². The summed E-state index contributed by atoms with van der Waals surface area (Å²) >= 11 is 6.00. The van der Waals surface area contributed by atoms with Crippen molar-refractivity contribution >= 4 is 17.3 Å².